The predicted molar refractivity (Wildman–Crippen MR) is 140 cm³/mol. The highest BCUT2D eigenvalue weighted by molar-refractivity contribution is 7.92. The summed E-state index contributed by atoms with van der Waals surface area (Å²) in [6.07, 6.45) is 0.567. The number of ether oxygens (including phenoxy) is 2. The number of nitrogens with one attached hydrogen (secondary N) is 1. The van der Waals surface area contributed by atoms with E-state index in [0.717, 1.165) is 15.9 Å². The van der Waals surface area contributed by atoms with Gasteiger partial charge in [0, 0.05) is 11.6 Å². The van der Waals surface area contributed by atoms with E-state index in [2.05, 4.69) is 5.32 Å². The Hall–Kier alpha value is -4.12. The van der Waals surface area contributed by atoms with Crippen molar-refractivity contribution in [2.24, 2.45) is 0 Å². The van der Waals surface area contributed by atoms with Gasteiger partial charge in [-0.1, -0.05) is 25.1 Å². The van der Waals surface area contributed by atoms with E-state index in [4.69, 9.17) is 9.47 Å². The van der Waals surface area contributed by atoms with Gasteiger partial charge in [0.15, 0.2) is 0 Å². The Kier molecular flexibility index (Phi) is 8.72. The largest absolute Gasteiger partial charge is 0.497 e. The topological polar surface area (TPSA) is 128 Å². The molecular weight excluding hydrogens is 498 g/mol. The quantitative estimate of drug-likeness (QED) is 0.289. The van der Waals surface area contributed by atoms with Crippen LogP contribution < -0.4 is 19.1 Å². The van der Waals surface area contributed by atoms with Crippen molar-refractivity contribution in [3.8, 4) is 11.5 Å². The van der Waals surface area contributed by atoms with E-state index in [-0.39, 0.29) is 22.3 Å². The van der Waals surface area contributed by atoms with E-state index in [1.165, 1.54) is 38.3 Å². The Morgan fingerprint density at radius 3 is 2.08 bits per heavy atom. The van der Waals surface area contributed by atoms with Crippen LogP contribution in [0.25, 0.3) is 0 Å². The fourth-order valence-electron chi connectivity index (χ4n) is 3.76. The highest BCUT2D eigenvalue weighted by Crippen LogP contribution is 2.29. The van der Waals surface area contributed by atoms with Gasteiger partial charge in [0.2, 0.25) is 5.91 Å². The van der Waals surface area contributed by atoms with Crippen LogP contribution in [0.2, 0.25) is 0 Å². The lowest BCUT2D eigenvalue weighted by Crippen LogP contribution is -2.42. The third kappa shape index (κ3) is 6.36. The molecule has 0 bridgehead atoms. The van der Waals surface area contributed by atoms with Gasteiger partial charge in [0.1, 0.15) is 18.0 Å². The minimum Gasteiger partial charge on any atom is -0.497 e. The number of benzene rings is 3. The number of amides is 1. The van der Waals surface area contributed by atoms with Crippen molar-refractivity contribution in [2.45, 2.75) is 31.2 Å². The maximum absolute atomic E-state index is 13.7. The molecule has 0 aliphatic rings. The summed E-state index contributed by atoms with van der Waals surface area (Å²) < 4.78 is 38.6. The molecule has 0 aliphatic heterocycles. The molecule has 1 N–H and O–H groups in total. The van der Waals surface area contributed by atoms with Crippen molar-refractivity contribution in [1.29, 1.82) is 0 Å². The number of aryl methyl sites for hydroxylation is 1. The normalized spacial score (nSPS) is 11.9. The second-order valence-electron chi connectivity index (χ2n) is 8.22. The summed E-state index contributed by atoms with van der Waals surface area (Å²) in [5, 5.41) is 14.3. The van der Waals surface area contributed by atoms with Crippen LogP contribution in [0.5, 0.6) is 11.5 Å². The summed E-state index contributed by atoms with van der Waals surface area (Å²) in [6, 6.07) is 16.7. The monoisotopic (exact) mass is 527 g/mol. The molecule has 10 nitrogen and oxygen atoms in total. The minimum atomic E-state index is -4.35. The average molecular weight is 528 g/mol. The Morgan fingerprint density at radius 2 is 1.57 bits per heavy atom. The van der Waals surface area contributed by atoms with Crippen molar-refractivity contribution >= 4 is 27.3 Å². The standard InChI is InChI=1S/C26H29N3O7S/c1-5-24(19-7-11-21(35-3)12-8-19)27-26(30)17-28(20-9-13-22(36-4)14-10-20)37(33,34)23-15-6-18(2)25(16-23)29(31)32/h6-16,24H,5,17H2,1-4H3,(H,27,30)/t24-/m1/s1. The molecule has 196 valence electrons. The first kappa shape index (κ1) is 27.5. The van der Waals surface area contributed by atoms with Gasteiger partial charge in [0.05, 0.1) is 35.8 Å². The molecule has 1 atom stereocenters. The fourth-order valence-corrected chi connectivity index (χ4v) is 5.21. The highest BCUT2D eigenvalue weighted by Gasteiger charge is 2.30. The van der Waals surface area contributed by atoms with Gasteiger partial charge in [-0.3, -0.25) is 19.2 Å². The number of rotatable bonds is 11. The molecule has 1 amide bonds. The summed E-state index contributed by atoms with van der Waals surface area (Å²) in [6.45, 7) is 2.88. The van der Waals surface area contributed by atoms with Crippen LogP contribution >= 0.6 is 0 Å². The van der Waals surface area contributed by atoms with E-state index in [1.54, 1.807) is 31.4 Å². The zero-order valence-corrected chi connectivity index (χ0v) is 21.8. The van der Waals surface area contributed by atoms with Crippen LogP contribution in [0.15, 0.2) is 71.6 Å². The Bertz CT molecular complexity index is 1360. The van der Waals surface area contributed by atoms with Gasteiger partial charge < -0.3 is 14.8 Å². The fraction of sp³-hybridized carbons (Fsp3) is 0.269. The summed E-state index contributed by atoms with van der Waals surface area (Å²) in [4.78, 5) is 23.6. The van der Waals surface area contributed by atoms with Crippen molar-refractivity contribution < 1.29 is 27.6 Å². The number of carbonyl (C=O) groups is 1. The number of hydrogen-bond acceptors (Lipinski definition) is 7. The van der Waals surface area contributed by atoms with E-state index >= 15 is 0 Å². The van der Waals surface area contributed by atoms with Crippen LogP contribution in [0.4, 0.5) is 11.4 Å². The molecule has 0 spiro atoms. The third-order valence-corrected chi connectivity index (χ3v) is 7.64. The van der Waals surface area contributed by atoms with E-state index < -0.39 is 27.4 Å². The number of methoxy groups -OCH3 is 2. The Labute approximate surface area is 216 Å². The number of nitrogens with zero attached hydrogens (tertiary/aromatic N) is 2. The molecule has 3 aromatic carbocycles. The lowest BCUT2D eigenvalue weighted by atomic mass is 10.0. The Balaban J connectivity index is 1.96. The first-order valence-electron chi connectivity index (χ1n) is 11.5. The molecule has 0 saturated carbocycles. The van der Waals surface area contributed by atoms with Crippen LogP contribution in [0.1, 0.15) is 30.5 Å². The molecule has 37 heavy (non-hydrogen) atoms. The second-order valence-corrected chi connectivity index (χ2v) is 10.1. The van der Waals surface area contributed by atoms with Crippen LogP contribution in [0, 0.1) is 17.0 Å². The van der Waals surface area contributed by atoms with Crippen molar-refractivity contribution in [1.82, 2.24) is 5.32 Å². The van der Waals surface area contributed by atoms with Crippen LogP contribution in [-0.2, 0) is 14.8 Å². The SMILES string of the molecule is CC[C@@H](NC(=O)CN(c1ccc(OC)cc1)S(=O)(=O)c1ccc(C)c([N+](=O)[O-])c1)c1ccc(OC)cc1. The first-order valence-corrected chi connectivity index (χ1v) is 12.9. The van der Waals surface area contributed by atoms with Gasteiger partial charge >= 0.3 is 0 Å². The number of hydrogen-bond donors (Lipinski definition) is 1. The average Bonchev–Trinajstić information content (AvgIpc) is 2.90. The van der Waals surface area contributed by atoms with E-state index in [0.29, 0.717) is 23.5 Å². The lowest BCUT2D eigenvalue weighted by molar-refractivity contribution is -0.385. The van der Waals surface area contributed by atoms with E-state index in [1.807, 2.05) is 19.1 Å². The number of nitro groups is 1. The maximum atomic E-state index is 13.7. The number of nitro benzene ring substituents is 1. The molecule has 0 heterocycles. The maximum Gasteiger partial charge on any atom is 0.273 e. The molecule has 0 saturated heterocycles. The molecule has 11 heteroatoms. The summed E-state index contributed by atoms with van der Waals surface area (Å²) in [5.41, 5.74) is 1.04. The summed E-state index contributed by atoms with van der Waals surface area (Å²) in [5.74, 6) is 0.639. The number of carbonyl (C=O) groups excluding carboxylic acids is 1. The molecule has 0 radical (unpaired) electrons. The molecule has 3 aromatic rings. The lowest BCUT2D eigenvalue weighted by Gasteiger charge is -2.26. The van der Waals surface area contributed by atoms with Gasteiger partial charge in [-0.25, -0.2) is 8.42 Å². The predicted octanol–water partition coefficient (Wildman–Crippen LogP) is 4.38. The third-order valence-electron chi connectivity index (χ3n) is 5.87. The second kappa shape index (κ2) is 11.7. The zero-order chi connectivity index (χ0) is 27.2. The molecule has 0 unspecified atom stereocenters. The van der Waals surface area contributed by atoms with Gasteiger partial charge in [-0.2, -0.15) is 0 Å². The zero-order valence-electron chi connectivity index (χ0n) is 21.0. The highest BCUT2D eigenvalue weighted by atomic mass is 32.2. The molecule has 3 rings (SSSR count). The van der Waals surface area contributed by atoms with Crippen molar-refractivity contribution in [3.05, 3.63) is 88.0 Å². The van der Waals surface area contributed by atoms with Crippen molar-refractivity contribution in [2.75, 3.05) is 25.1 Å². The number of sulfonamides is 1. The van der Waals surface area contributed by atoms with Gasteiger partial charge in [-0.15, -0.1) is 0 Å². The van der Waals surface area contributed by atoms with Crippen molar-refractivity contribution in [3.63, 3.8) is 0 Å². The summed E-state index contributed by atoms with van der Waals surface area (Å²) >= 11 is 0. The molecular formula is C26H29N3O7S. The Morgan fingerprint density at radius 1 is 1.00 bits per heavy atom. The summed E-state index contributed by atoms with van der Waals surface area (Å²) in [7, 11) is -1.31. The molecule has 0 fully saturated rings. The van der Waals surface area contributed by atoms with Gasteiger partial charge in [0.25, 0.3) is 15.7 Å². The van der Waals surface area contributed by atoms with Crippen LogP contribution in [0.3, 0.4) is 0 Å². The smallest absolute Gasteiger partial charge is 0.273 e. The first-order chi connectivity index (χ1) is 17.6. The van der Waals surface area contributed by atoms with Gasteiger partial charge in [-0.05, 0) is 61.4 Å². The molecule has 0 aromatic heterocycles. The van der Waals surface area contributed by atoms with E-state index in [9.17, 15) is 23.3 Å². The molecule has 0 aliphatic carbocycles. The van der Waals surface area contributed by atoms with Crippen LogP contribution in [-0.4, -0.2) is 40.0 Å². The minimum absolute atomic E-state index is 0.205. The number of anilines is 1.